The van der Waals surface area contributed by atoms with Crippen LogP contribution in [0.2, 0.25) is 0 Å². The quantitative estimate of drug-likeness (QED) is 0.832. The highest BCUT2D eigenvalue weighted by Gasteiger charge is 2.46. The maximum absolute atomic E-state index is 6.21. The van der Waals surface area contributed by atoms with Crippen LogP contribution in [0.4, 0.5) is 0 Å². The van der Waals surface area contributed by atoms with Gasteiger partial charge in [0.1, 0.15) is 0 Å². The Morgan fingerprint density at radius 3 is 2.72 bits per heavy atom. The number of hydrogen-bond donors (Lipinski definition) is 1. The lowest BCUT2D eigenvalue weighted by Gasteiger charge is -2.54. The van der Waals surface area contributed by atoms with Crippen LogP contribution in [-0.4, -0.2) is 53.6 Å². The summed E-state index contributed by atoms with van der Waals surface area (Å²) in [5, 5.41) is 0. The molecule has 0 saturated carbocycles. The first-order valence-electron chi connectivity index (χ1n) is 7.63. The summed E-state index contributed by atoms with van der Waals surface area (Å²) in [4.78, 5) is 5.27. The summed E-state index contributed by atoms with van der Waals surface area (Å²) >= 11 is 0. The first kappa shape index (κ1) is 14.3. The zero-order valence-electron chi connectivity index (χ0n) is 12.7. The van der Waals surface area contributed by atoms with E-state index in [1.54, 1.807) is 0 Å². The van der Waals surface area contributed by atoms with Crippen molar-refractivity contribution in [3.05, 3.63) is 0 Å². The number of likely N-dealkylation sites (N-methyl/N-ethyl adjacent to an activating group) is 1. The van der Waals surface area contributed by atoms with E-state index in [4.69, 9.17) is 5.73 Å². The van der Waals surface area contributed by atoms with E-state index in [1.165, 1.54) is 45.2 Å². The lowest BCUT2D eigenvalue weighted by molar-refractivity contribution is -0.0307. The van der Waals surface area contributed by atoms with Crippen LogP contribution in [0.15, 0.2) is 0 Å². The number of nitrogens with zero attached hydrogens (tertiary/aromatic N) is 2. The van der Waals surface area contributed by atoms with Gasteiger partial charge in [0.25, 0.3) is 0 Å². The zero-order chi connectivity index (χ0) is 13.4. The largest absolute Gasteiger partial charge is 0.329 e. The molecular formula is C15H31N3. The molecule has 3 heteroatoms. The van der Waals surface area contributed by atoms with E-state index in [9.17, 15) is 0 Å². The molecule has 0 aromatic rings. The number of fused-ring (bicyclic) bond motifs is 1. The van der Waals surface area contributed by atoms with Crippen molar-refractivity contribution in [2.75, 3.05) is 26.7 Å². The van der Waals surface area contributed by atoms with Crippen molar-refractivity contribution in [3.8, 4) is 0 Å². The standard InChI is InChI=1S/C15H31N3/c1-5-14(2,3)17(4)15(12-16)8-10-18-9-6-7-13(18)11-15/h13H,5-12,16H2,1-4H3. The van der Waals surface area contributed by atoms with Crippen LogP contribution in [-0.2, 0) is 0 Å². The van der Waals surface area contributed by atoms with E-state index in [0.29, 0.717) is 0 Å². The highest BCUT2D eigenvalue weighted by atomic mass is 15.3. The highest BCUT2D eigenvalue weighted by molar-refractivity contribution is 5.04. The Kier molecular flexibility index (Phi) is 4.05. The highest BCUT2D eigenvalue weighted by Crippen LogP contribution is 2.39. The predicted molar refractivity (Wildman–Crippen MR) is 77.7 cm³/mol. The lowest BCUT2D eigenvalue weighted by Crippen LogP contribution is -2.64. The third-order valence-electron chi connectivity index (χ3n) is 5.84. The molecule has 2 aliphatic rings. The van der Waals surface area contributed by atoms with Crippen molar-refractivity contribution < 1.29 is 0 Å². The van der Waals surface area contributed by atoms with Gasteiger partial charge in [-0.2, -0.15) is 0 Å². The summed E-state index contributed by atoms with van der Waals surface area (Å²) < 4.78 is 0. The van der Waals surface area contributed by atoms with Gasteiger partial charge in [0.15, 0.2) is 0 Å². The van der Waals surface area contributed by atoms with Crippen LogP contribution in [0, 0.1) is 0 Å². The van der Waals surface area contributed by atoms with Gasteiger partial charge in [-0.25, -0.2) is 0 Å². The van der Waals surface area contributed by atoms with Gasteiger partial charge < -0.3 is 10.6 Å². The maximum atomic E-state index is 6.21. The average Bonchev–Trinajstić information content (AvgIpc) is 2.84. The van der Waals surface area contributed by atoms with Crippen molar-refractivity contribution in [2.24, 2.45) is 5.73 Å². The Balaban J connectivity index is 2.15. The summed E-state index contributed by atoms with van der Waals surface area (Å²) in [5.74, 6) is 0. The summed E-state index contributed by atoms with van der Waals surface area (Å²) in [5.41, 5.74) is 6.69. The second kappa shape index (κ2) is 5.10. The topological polar surface area (TPSA) is 32.5 Å². The van der Waals surface area contributed by atoms with Crippen molar-refractivity contribution >= 4 is 0 Å². The lowest BCUT2D eigenvalue weighted by atomic mass is 9.79. The molecule has 0 aliphatic carbocycles. The Labute approximate surface area is 113 Å². The number of hydrogen-bond acceptors (Lipinski definition) is 3. The molecule has 0 amide bonds. The molecular weight excluding hydrogens is 222 g/mol. The van der Waals surface area contributed by atoms with Crippen LogP contribution in [0.1, 0.15) is 52.9 Å². The molecule has 0 aromatic heterocycles. The van der Waals surface area contributed by atoms with E-state index in [1.807, 2.05) is 0 Å². The predicted octanol–water partition coefficient (Wildman–Crippen LogP) is 2.06. The molecule has 2 fully saturated rings. The smallest absolute Gasteiger partial charge is 0.0361 e. The minimum absolute atomic E-state index is 0.227. The fourth-order valence-electron chi connectivity index (χ4n) is 3.82. The monoisotopic (exact) mass is 253 g/mol. The molecule has 2 rings (SSSR count). The van der Waals surface area contributed by atoms with E-state index in [0.717, 1.165) is 12.6 Å². The normalized spacial score (nSPS) is 34.0. The van der Waals surface area contributed by atoms with Crippen molar-refractivity contribution in [1.82, 2.24) is 9.80 Å². The molecule has 2 aliphatic heterocycles. The maximum Gasteiger partial charge on any atom is 0.0361 e. The van der Waals surface area contributed by atoms with E-state index >= 15 is 0 Å². The van der Waals surface area contributed by atoms with E-state index < -0.39 is 0 Å². The first-order valence-corrected chi connectivity index (χ1v) is 7.63. The number of piperidine rings is 1. The zero-order valence-corrected chi connectivity index (χ0v) is 12.7. The van der Waals surface area contributed by atoms with Crippen LogP contribution in [0.5, 0.6) is 0 Å². The fraction of sp³-hybridized carbons (Fsp3) is 1.00. The minimum Gasteiger partial charge on any atom is -0.329 e. The SMILES string of the molecule is CCC(C)(C)N(C)C1(CN)CCN2CCCC2C1. The van der Waals surface area contributed by atoms with Gasteiger partial charge in [0.05, 0.1) is 0 Å². The van der Waals surface area contributed by atoms with Crippen LogP contribution >= 0.6 is 0 Å². The van der Waals surface area contributed by atoms with Crippen LogP contribution < -0.4 is 5.73 Å². The molecule has 0 radical (unpaired) electrons. The third kappa shape index (κ3) is 2.33. The third-order valence-corrected chi connectivity index (χ3v) is 5.84. The summed E-state index contributed by atoms with van der Waals surface area (Å²) in [7, 11) is 2.29. The molecule has 3 nitrogen and oxygen atoms in total. The fourth-order valence-corrected chi connectivity index (χ4v) is 3.82. The second-order valence-corrected chi connectivity index (χ2v) is 6.94. The molecule has 0 aromatic carbocycles. The van der Waals surface area contributed by atoms with Gasteiger partial charge in [-0.3, -0.25) is 4.90 Å². The molecule has 106 valence electrons. The summed E-state index contributed by atoms with van der Waals surface area (Å²) in [6.45, 7) is 10.3. The van der Waals surface area contributed by atoms with Gasteiger partial charge in [-0.15, -0.1) is 0 Å². The van der Waals surface area contributed by atoms with Gasteiger partial charge in [0, 0.05) is 30.2 Å². The Morgan fingerprint density at radius 1 is 1.39 bits per heavy atom. The number of nitrogens with two attached hydrogens (primary N) is 1. The summed E-state index contributed by atoms with van der Waals surface area (Å²) in [6.07, 6.45) is 6.44. The molecule has 2 saturated heterocycles. The van der Waals surface area contributed by atoms with Gasteiger partial charge >= 0.3 is 0 Å². The second-order valence-electron chi connectivity index (χ2n) is 6.94. The van der Waals surface area contributed by atoms with Crippen molar-refractivity contribution in [2.45, 2.75) is 70.0 Å². The Bertz CT molecular complexity index is 289. The summed E-state index contributed by atoms with van der Waals surface area (Å²) in [6, 6.07) is 0.789. The van der Waals surface area contributed by atoms with Gasteiger partial charge in [-0.05, 0) is 59.5 Å². The molecule has 0 bridgehead atoms. The molecule has 2 unspecified atom stereocenters. The van der Waals surface area contributed by atoms with E-state index in [-0.39, 0.29) is 11.1 Å². The van der Waals surface area contributed by atoms with Crippen LogP contribution in [0.3, 0.4) is 0 Å². The average molecular weight is 253 g/mol. The first-order chi connectivity index (χ1) is 8.45. The molecule has 2 N–H and O–H groups in total. The molecule has 2 heterocycles. The van der Waals surface area contributed by atoms with Crippen molar-refractivity contribution in [3.63, 3.8) is 0 Å². The molecule has 0 spiro atoms. The number of rotatable bonds is 4. The Morgan fingerprint density at radius 2 is 2.11 bits per heavy atom. The van der Waals surface area contributed by atoms with Crippen LogP contribution in [0.25, 0.3) is 0 Å². The van der Waals surface area contributed by atoms with Crippen molar-refractivity contribution in [1.29, 1.82) is 0 Å². The van der Waals surface area contributed by atoms with Gasteiger partial charge in [-0.1, -0.05) is 6.92 Å². The molecule has 18 heavy (non-hydrogen) atoms. The minimum atomic E-state index is 0.227. The van der Waals surface area contributed by atoms with E-state index in [2.05, 4.69) is 37.6 Å². The Hall–Kier alpha value is -0.120. The molecule has 2 atom stereocenters. The van der Waals surface area contributed by atoms with Gasteiger partial charge in [0.2, 0.25) is 0 Å².